The van der Waals surface area contributed by atoms with Gasteiger partial charge in [-0.3, -0.25) is 0 Å². The van der Waals surface area contributed by atoms with Crippen LogP contribution < -0.4 is 10.5 Å². The second kappa shape index (κ2) is 4.90. The summed E-state index contributed by atoms with van der Waals surface area (Å²) >= 11 is 0. The molecule has 1 aromatic carbocycles. The van der Waals surface area contributed by atoms with Crippen molar-refractivity contribution in [2.24, 2.45) is 5.73 Å². The van der Waals surface area contributed by atoms with E-state index in [1.54, 1.807) is 13.8 Å². The van der Waals surface area contributed by atoms with E-state index in [9.17, 15) is 12.8 Å². The third-order valence-corrected chi connectivity index (χ3v) is 3.59. The maximum absolute atomic E-state index is 13.1. The van der Waals surface area contributed by atoms with Gasteiger partial charge >= 0.3 is 0 Å². The van der Waals surface area contributed by atoms with Crippen molar-refractivity contribution in [1.82, 2.24) is 4.72 Å². The molecule has 6 heteroatoms. The molecule has 1 aromatic rings. The number of nitrogens with two attached hydrogens (primary N) is 1. The molecule has 0 atom stereocenters. The molecule has 4 nitrogen and oxygen atoms in total. The van der Waals surface area contributed by atoms with Crippen molar-refractivity contribution in [3.8, 4) is 0 Å². The van der Waals surface area contributed by atoms with Gasteiger partial charge in [0, 0.05) is 18.2 Å². The Kier molecular flexibility index (Phi) is 4.01. The van der Waals surface area contributed by atoms with Crippen LogP contribution in [0.4, 0.5) is 4.39 Å². The zero-order valence-corrected chi connectivity index (χ0v) is 10.0. The Balaban J connectivity index is 3.14. The first-order valence-corrected chi connectivity index (χ1v) is 6.36. The van der Waals surface area contributed by atoms with Crippen molar-refractivity contribution >= 4 is 10.0 Å². The molecule has 0 unspecified atom stereocenters. The fourth-order valence-electron chi connectivity index (χ4n) is 1.25. The lowest BCUT2D eigenvalue weighted by atomic mass is 10.2. The highest BCUT2D eigenvalue weighted by Gasteiger charge is 2.16. The first-order valence-electron chi connectivity index (χ1n) is 4.87. The molecule has 0 aliphatic heterocycles. The van der Waals surface area contributed by atoms with Crippen LogP contribution in [0.5, 0.6) is 0 Å². The lowest BCUT2D eigenvalue weighted by Crippen LogP contribution is -2.30. The van der Waals surface area contributed by atoms with Crippen molar-refractivity contribution < 1.29 is 12.8 Å². The number of hydrogen-bond donors (Lipinski definition) is 2. The Hall–Kier alpha value is -0.980. The molecule has 0 spiro atoms. The monoisotopic (exact) mass is 246 g/mol. The Morgan fingerprint density at radius 1 is 1.44 bits per heavy atom. The number of sulfonamides is 1. The van der Waals surface area contributed by atoms with Crippen LogP contribution in [0.15, 0.2) is 23.1 Å². The molecule has 0 saturated carbocycles. The van der Waals surface area contributed by atoms with Crippen LogP contribution in [0, 0.1) is 5.82 Å². The topological polar surface area (TPSA) is 72.2 Å². The van der Waals surface area contributed by atoms with E-state index in [1.807, 2.05) is 0 Å². The molecule has 0 aliphatic carbocycles. The Morgan fingerprint density at radius 3 is 2.56 bits per heavy atom. The minimum atomic E-state index is -3.58. The molecule has 0 radical (unpaired) electrons. The van der Waals surface area contributed by atoms with E-state index in [2.05, 4.69) is 4.72 Å². The van der Waals surface area contributed by atoms with Gasteiger partial charge in [0.1, 0.15) is 5.82 Å². The summed E-state index contributed by atoms with van der Waals surface area (Å²) in [6.07, 6.45) is 0. The number of nitrogens with one attached hydrogen (secondary N) is 1. The minimum Gasteiger partial charge on any atom is -0.326 e. The average molecular weight is 246 g/mol. The Bertz CT molecular complexity index is 472. The average Bonchev–Trinajstić information content (AvgIpc) is 2.16. The lowest BCUT2D eigenvalue weighted by molar-refractivity contribution is 0.568. The summed E-state index contributed by atoms with van der Waals surface area (Å²) in [5, 5.41) is 0. The van der Waals surface area contributed by atoms with Gasteiger partial charge in [-0.25, -0.2) is 17.5 Å². The summed E-state index contributed by atoms with van der Waals surface area (Å²) in [5.41, 5.74) is 5.50. The normalized spacial score (nSPS) is 12.1. The maximum Gasteiger partial charge on any atom is 0.240 e. The number of halogens is 1. The molecule has 16 heavy (non-hydrogen) atoms. The summed E-state index contributed by atoms with van der Waals surface area (Å²) in [6.45, 7) is 3.40. The zero-order valence-electron chi connectivity index (χ0n) is 9.20. The van der Waals surface area contributed by atoms with Crippen LogP contribution >= 0.6 is 0 Å². The predicted molar refractivity (Wildman–Crippen MR) is 59.7 cm³/mol. The highest BCUT2D eigenvalue weighted by atomic mass is 32.2. The Labute approximate surface area is 94.7 Å². The van der Waals surface area contributed by atoms with E-state index in [0.717, 1.165) is 6.07 Å². The maximum atomic E-state index is 13.1. The summed E-state index contributed by atoms with van der Waals surface area (Å²) < 4.78 is 39.0. The summed E-state index contributed by atoms with van der Waals surface area (Å²) in [5.74, 6) is -0.494. The SMILES string of the molecule is CC(C)NS(=O)(=O)c1ccc(F)c(CN)c1. The van der Waals surface area contributed by atoms with Gasteiger partial charge in [-0.2, -0.15) is 0 Å². The quantitative estimate of drug-likeness (QED) is 0.831. The molecule has 0 aromatic heterocycles. The van der Waals surface area contributed by atoms with Crippen LogP contribution in [-0.2, 0) is 16.6 Å². The molecule has 0 amide bonds. The second-order valence-electron chi connectivity index (χ2n) is 3.73. The van der Waals surface area contributed by atoms with Crippen molar-refractivity contribution in [2.45, 2.75) is 31.3 Å². The van der Waals surface area contributed by atoms with Gasteiger partial charge in [0.05, 0.1) is 4.90 Å². The molecule has 0 heterocycles. The smallest absolute Gasteiger partial charge is 0.240 e. The third kappa shape index (κ3) is 3.01. The summed E-state index contributed by atoms with van der Waals surface area (Å²) in [7, 11) is -3.58. The minimum absolute atomic E-state index is 0.0306. The zero-order chi connectivity index (χ0) is 12.3. The number of benzene rings is 1. The molecular formula is C10H15FN2O2S. The third-order valence-electron chi connectivity index (χ3n) is 1.94. The molecule has 0 fully saturated rings. The molecule has 0 saturated heterocycles. The van der Waals surface area contributed by atoms with Gasteiger partial charge in [-0.1, -0.05) is 0 Å². The van der Waals surface area contributed by atoms with Crippen molar-refractivity contribution in [3.63, 3.8) is 0 Å². The highest BCUT2D eigenvalue weighted by Crippen LogP contribution is 2.14. The molecule has 0 aliphatic rings. The standard InChI is InChI=1S/C10H15FN2O2S/c1-7(2)13-16(14,15)9-3-4-10(11)8(5-9)6-12/h3-5,7,13H,6,12H2,1-2H3. The fraction of sp³-hybridized carbons (Fsp3) is 0.400. The molecule has 3 N–H and O–H groups in total. The largest absolute Gasteiger partial charge is 0.326 e. The van der Waals surface area contributed by atoms with Gasteiger partial charge in [-0.05, 0) is 32.0 Å². The van der Waals surface area contributed by atoms with E-state index in [4.69, 9.17) is 5.73 Å². The summed E-state index contributed by atoms with van der Waals surface area (Å²) in [6, 6.07) is 3.37. The Morgan fingerprint density at radius 2 is 2.06 bits per heavy atom. The highest BCUT2D eigenvalue weighted by molar-refractivity contribution is 7.89. The van der Waals surface area contributed by atoms with Crippen LogP contribution in [0.3, 0.4) is 0 Å². The van der Waals surface area contributed by atoms with Crippen LogP contribution in [0.25, 0.3) is 0 Å². The van der Waals surface area contributed by atoms with Crippen molar-refractivity contribution in [2.75, 3.05) is 0 Å². The van der Waals surface area contributed by atoms with Crippen molar-refractivity contribution in [1.29, 1.82) is 0 Å². The fourth-order valence-corrected chi connectivity index (χ4v) is 2.55. The van der Waals surface area contributed by atoms with E-state index >= 15 is 0 Å². The first kappa shape index (κ1) is 13.1. The second-order valence-corrected chi connectivity index (χ2v) is 5.45. The van der Waals surface area contributed by atoms with E-state index in [0.29, 0.717) is 0 Å². The van der Waals surface area contributed by atoms with Gasteiger partial charge in [-0.15, -0.1) is 0 Å². The molecule has 0 bridgehead atoms. The molecule has 1 rings (SSSR count). The summed E-state index contributed by atoms with van der Waals surface area (Å²) in [4.78, 5) is 0.0306. The lowest BCUT2D eigenvalue weighted by Gasteiger charge is -2.10. The molecule has 90 valence electrons. The van der Waals surface area contributed by atoms with Gasteiger partial charge in [0.2, 0.25) is 10.0 Å². The van der Waals surface area contributed by atoms with Crippen molar-refractivity contribution in [3.05, 3.63) is 29.6 Å². The van der Waals surface area contributed by atoms with Crippen LogP contribution in [0.1, 0.15) is 19.4 Å². The van der Waals surface area contributed by atoms with E-state index in [1.165, 1.54) is 12.1 Å². The predicted octanol–water partition coefficient (Wildman–Crippen LogP) is 0.971. The number of rotatable bonds is 4. The van der Waals surface area contributed by atoms with Gasteiger partial charge in [0.25, 0.3) is 0 Å². The van der Waals surface area contributed by atoms with Crippen LogP contribution in [0.2, 0.25) is 0 Å². The van der Waals surface area contributed by atoms with Gasteiger partial charge in [0.15, 0.2) is 0 Å². The van der Waals surface area contributed by atoms with E-state index < -0.39 is 15.8 Å². The molecular weight excluding hydrogens is 231 g/mol. The first-order chi connectivity index (χ1) is 7.36. The van der Waals surface area contributed by atoms with Crippen LogP contribution in [-0.4, -0.2) is 14.5 Å². The number of hydrogen-bond acceptors (Lipinski definition) is 3. The van der Waals surface area contributed by atoms with E-state index in [-0.39, 0.29) is 23.0 Å². The van der Waals surface area contributed by atoms with Gasteiger partial charge < -0.3 is 5.73 Å².